The lowest BCUT2D eigenvalue weighted by Gasteiger charge is -2.09. The first-order valence-electron chi connectivity index (χ1n) is 5.16. The Bertz CT molecular complexity index is 402. The van der Waals surface area contributed by atoms with Gasteiger partial charge in [0.25, 0.3) is 0 Å². The molecule has 0 saturated carbocycles. The molecular weight excluding hydrogens is 222 g/mol. The number of rotatable bonds is 7. The maximum absolute atomic E-state index is 11.7. The minimum atomic E-state index is -1.14. The summed E-state index contributed by atoms with van der Waals surface area (Å²) in [6, 6.07) is 7.61. The Balaban J connectivity index is 2.52. The third kappa shape index (κ3) is 4.06. The molecule has 1 unspecified atom stereocenters. The highest BCUT2D eigenvalue weighted by Crippen LogP contribution is 2.07. The second-order valence-electron chi connectivity index (χ2n) is 3.50. The second-order valence-corrected chi connectivity index (χ2v) is 3.50. The van der Waals surface area contributed by atoms with Gasteiger partial charge in [-0.3, -0.25) is 9.59 Å². The molecule has 1 amide bonds. The normalized spacial score (nSPS) is 11.5. The quantitative estimate of drug-likeness (QED) is 0.542. The SMILES string of the molecule is O=CNC(CCC(=O)c1ccccc1)C(=O)O. The molecule has 0 aliphatic heterocycles. The van der Waals surface area contributed by atoms with Gasteiger partial charge in [0.15, 0.2) is 5.78 Å². The predicted molar refractivity (Wildman–Crippen MR) is 60.6 cm³/mol. The average Bonchev–Trinajstić information content (AvgIpc) is 2.34. The van der Waals surface area contributed by atoms with E-state index in [9.17, 15) is 14.4 Å². The van der Waals surface area contributed by atoms with E-state index in [4.69, 9.17) is 5.11 Å². The van der Waals surface area contributed by atoms with E-state index < -0.39 is 12.0 Å². The highest BCUT2D eigenvalue weighted by atomic mass is 16.4. The minimum Gasteiger partial charge on any atom is -0.480 e. The van der Waals surface area contributed by atoms with Crippen LogP contribution in [0.25, 0.3) is 0 Å². The Labute approximate surface area is 98.4 Å². The van der Waals surface area contributed by atoms with Crippen LogP contribution in [0.2, 0.25) is 0 Å². The van der Waals surface area contributed by atoms with E-state index in [1.807, 2.05) is 0 Å². The maximum Gasteiger partial charge on any atom is 0.326 e. The number of carboxylic acids is 1. The standard InChI is InChI=1S/C12H13NO4/c14-8-13-10(12(16)17)6-7-11(15)9-4-2-1-3-5-9/h1-5,8,10H,6-7H2,(H,13,14)(H,16,17). The number of ketones is 1. The number of aliphatic carboxylic acids is 1. The molecule has 0 fully saturated rings. The topological polar surface area (TPSA) is 83.5 Å². The van der Waals surface area contributed by atoms with Crippen molar-refractivity contribution in [3.8, 4) is 0 Å². The molecule has 1 rings (SSSR count). The van der Waals surface area contributed by atoms with Crippen molar-refractivity contribution in [2.45, 2.75) is 18.9 Å². The zero-order valence-electron chi connectivity index (χ0n) is 9.13. The third-order valence-electron chi connectivity index (χ3n) is 2.32. The summed E-state index contributed by atoms with van der Waals surface area (Å²) >= 11 is 0. The van der Waals surface area contributed by atoms with Crippen molar-refractivity contribution >= 4 is 18.2 Å². The molecule has 2 N–H and O–H groups in total. The molecule has 0 aliphatic carbocycles. The number of hydrogen-bond acceptors (Lipinski definition) is 3. The van der Waals surface area contributed by atoms with Gasteiger partial charge in [0.1, 0.15) is 6.04 Å². The zero-order chi connectivity index (χ0) is 12.7. The number of carbonyl (C=O) groups excluding carboxylic acids is 2. The molecule has 1 aromatic rings. The van der Waals surface area contributed by atoms with Gasteiger partial charge < -0.3 is 10.4 Å². The number of Topliss-reactive ketones (excluding diaryl/α,β-unsaturated/α-hetero) is 1. The van der Waals surface area contributed by atoms with Crippen molar-refractivity contribution in [2.24, 2.45) is 0 Å². The highest BCUT2D eigenvalue weighted by molar-refractivity contribution is 5.96. The van der Waals surface area contributed by atoms with Crippen LogP contribution in [-0.4, -0.2) is 29.3 Å². The summed E-state index contributed by atoms with van der Waals surface area (Å²) in [6.07, 6.45) is 0.495. The minimum absolute atomic E-state index is 0.0851. The lowest BCUT2D eigenvalue weighted by molar-refractivity contribution is -0.140. The first-order valence-corrected chi connectivity index (χ1v) is 5.16. The smallest absolute Gasteiger partial charge is 0.326 e. The molecule has 90 valence electrons. The van der Waals surface area contributed by atoms with E-state index in [-0.39, 0.29) is 18.6 Å². The van der Waals surface area contributed by atoms with Gasteiger partial charge >= 0.3 is 5.97 Å². The van der Waals surface area contributed by atoms with Gasteiger partial charge in [0.2, 0.25) is 6.41 Å². The van der Waals surface area contributed by atoms with Crippen LogP contribution in [0.1, 0.15) is 23.2 Å². The lowest BCUT2D eigenvalue weighted by Crippen LogP contribution is -2.36. The number of benzene rings is 1. The molecule has 1 atom stereocenters. The summed E-state index contributed by atoms with van der Waals surface area (Å²) in [4.78, 5) is 32.5. The van der Waals surface area contributed by atoms with Crippen LogP contribution in [0, 0.1) is 0 Å². The molecular formula is C12H13NO4. The fraction of sp³-hybridized carbons (Fsp3) is 0.250. The first kappa shape index (κ1) is 12.9. The summed E-state index contributed by atoms with van der Waals surface area (Å²) < 4.78 is 0. The Kier molecular flexibility index (Phi) is 4.87. The van der Waals surface area contributed by atoms with E-state index >= 15 is 0 Å². The van der Waals surface area contributed by atoms with Gasteiger partial charge in [0.05, 0.1) is 0 Å². The van der Waals surface area contributed by atoms with E-state index in [1.54, 1.807) is 30.3 Å². The van der Waals surface area contributed by atoms with Crippen LogP contribution in [0.4, 0.5) is 0 Å². The number of carboxylic acid groups (broad SMARTS) is 1. The van der Waals surface area contributed by atoms with Crippen LogP contribution in [0.3, 0.4) is 0 Å². The molecule has 0 spiro atoms. The first-order chi connectivity index (χ1) is 8.15. The average molecular weight is 235 g/mol. The molecule has 5 nitrogen and oxygen atoms in total. The summed E-state index contributed by atoms with van der Waals surface area (Å²) in [5, 5.41) is 10.9. The van der Waals surface area contributed by atoms with Crippen LogP contribution in [0.5, 0.6) is 0 Å². The molecule has 0 saturated heterocycles. The lowest BCUT2D eigenvalue weighted by atomic mass is 10.0. The third-order valence-corrected chi connectivity index (χ3v) is 2.32. The highest BCUT2D eigenvalue weighted by Gasteiger charge is 2.17. The molecule has 0 aliphatic rings. The Morgan fingerprint density at radius 2 is 1.94 bits per heavy atom. The number of nitrogens with one attached hydrogen (secondary N) is 1. The Morgan fingerprint density at radius 3 is 2.47 bits per heavy atom. The van der Waals surface area contributed by atoms with Crippen molar-refractivity contribution in [3.05, 3.63) is 35.9 Å². The van der Waals surface area contributed by atoms with Crippen LogP contribution >= 0.6 is 0 Å². The fourth-order valence-electron chi connectivity index (χ4n) is 1.40. The van der Waals surface area contributed by atoms with Crippen LogP contribution < -0.4 is 5.32 Å². The van der Waals surface area contributed by atoms with Crippen LogP contribution in [0.15, 0.2) is 30.3 Å². The Hall–Kier alpha value is -2.17. The van der Waals surface area contributed by atoms with E-state index in [0.717, 1.165) is 0 Å². The summed E-state index contributed by atoms with van der Waals surface area (Å²) in [6.45, 7) is 0. The number of amides is 1. The van der Waals surface area contributed by atoms with E-state index in [1.165, 1.54) is 0 Å². The molecule has 17 heavy (non-hydrogen) atoms. The number of hydrogen-bond donors (Lipinski definition) is 2. The van der Waals surface area contributed by atoms with Gasteiger partial charge in [0, 0.05) is 12.0 Å². The van der Waals surface area contributed by atoms with E-state index in [2.05, 4.69) is 5.32 Å². The zero-order valence-corrected chi connectivity index (χ0v) is 9.13. The summed E-state index contributed by atoms with van der Waals surface area (Å²) in [5.74, 6) is -1.28. The fourth-order valence-corrected chi connectivity index (χ4v) is 1.40. The van der Waals surface area contributed by atoms with Crippen LogP contribution in [-0.2, 0) is 9.59 Å². The molecule has 1 aromatic carbocycles. The van der Waals surface area contributed by atoms with Crippen molar-refractivity contribution in [1.29, 1.82) is 0 Å². The van der Waals surface area contributed by atoms with Crippen molar-refractivity contribution in [2.75, 3.05) is 0 Å². The van der Waals surface area contributed by atoms with Gasteiger partial charge in [-0.25, -0.2) is 4.79 Å². The second kappa shape index (κ2) is 6.42. The van der Waals surface area contributed by atoms with E-state index in [0.29, 0.717) is 12.0 Å². The van der Waals surface area contributed by atoms with Gasteiger partial charge in [-0.2, -0.15) is 0 Å². The Morgan fingerprint density at radius 1 is 1.29 bits per heavy atom. The van der Waals surface area contributed by atoms with Crippen molar-refractivity contribution in [1.82, 2.24) is 5.32 Å². The van der Waals surface area contributed by atoms with Gasteiger partial charge in [-0.1, -0.05) is 30.3 Å². The molecule has 0 heterocycles. The van der Waals surface area contributed by atoms with Crippen molar-refractivity contribution < 1.29 is 19.5 Å². The monoisotopic (exact) mass is 235 g/mol. The molecule has 5 heteroatoms. The molecule has 0 aromatic heterocycles. The predicted octanol–water partition coefficient (Wildman–Crippen LogP) is 0.849. The molecule has 0 radical (unpaired) electrons. The van der Waals surface area contributed by atoms with Gasteiger partial charge in [-0.15, -0.1) is 0 Å². The summed E-state index contributed by atoms with van der Waals surface area (Å²) in [5.41, 5.74) is 0.544. The summed E-state index contributed by atoms with van der Waals surface area (Å²) in [7, 11) is 0. The number of carbonyl (C=O) groups is 3. The largest absolute Gasteiger partial charge is 0.480 e. The molecule has 0 bridgehead atoms. The van der Waals surface area contributed by atoms with Gasteiger partial charge in [-0.05, 0) is 6.42 Å². The maximum atomic E-state index is 11.7. The van der Waals surface area contributed by atoms with Crippen molar-refractivity contribution in [3.63, 3.8) is 0 Å².